The summed E-state index contributed by atoms with van der Waals surface area (Å²) in [5, 5.41) is 0. The fourth-order valence-corrected chi connectivity index (χ4v) is 14.9. The van der Waals surface area contributed by atoms with Gasteiger partial charge in [0.25, 0.3) is 6.71 Å². The van der Waals surface area contributed by atoms with Crippen LogP contribution in [0.1, 0.15) is 153 Å². The lowest BCUT2D eigenvalue weighted by Gasteiger charge is -2.48. The summed E-state index contributed by atoms with van der Waals surface area (Å²) in [6, 6.07) is 50.3. The first-order chi connectivity index (χ1) is 32.5. The number of nitrogens with zero attached hydrogens (tertiary/aromatic N) is 2. The number of aryl methyl sites for hydroxylation is 2. The summed E-state index contributed by atoms with van der Waals surface area (Å²) < 4.78 is 0. The molecule has 2 nitrogen and oxygen atoms in total. The standard InChI is InChI=1S/C66H71BN2/c1-40-29-58-60-59(30-40)69(55-35-50-46(31-41(55)2)63(7,8)38-65(50,11)12)57-37-51-48(64(9,10)39-66(51,13)14)34-53(57)67(60)52-33-47-49(62(5,6)28-27-61(47,3)4)36-56(52)68(58)54-26-25-44(42-21-17-15-18-22-42)32-45(54)43-23-19-16-20-24-43/h15-26,29-37H,27-28,38-39H2,1-14H3. The van der Waals surface area contributed by atoms with Gasteiger partial charge in [0.05, 0.1) is 5.69 Å². The Morgan fingerprint density at radius 1 is 0.362 bits per heavy atom. The van der Waals surface area contributed by atoms with Gasteiger partial charge in [-0.1, -0.05) is 168 Å². The van der Waals surface area contributed by atoms with Crippen molar-refractivity contribution in [3.8, 4) is 22.3 Å². The molecule has 0 aromatic heterocycles. The van der Waals surface area contributed by atoms with Crippen LogP contribution in [0.15, 0.2) is 127 Å². The summed E-state index contributed by atoms with van der Waals surface area (Å²) in [7, 11) is 0. The molecule has 3 aliphatic carbocycles. The lowest BCUT2D eigenvalue weighted by Crippen LogP contribution is -2.62. The molecule has 0 spiro atoms. The zero-order valence-corrected chi connectivity index (χ0v) is 43.9. The number of hydrogen-bond donors (Lipinski definition) is 0. The highest BCUT2D eigenvalue weighted by Crippen LogP contribution is 2.57. The summed E-state index contributed by atoms with van der Waals surface area (Å²) in [4.78, 5) is 5.44. The van der Waals surface area contributed by atoms with Gasteiger partial charge in [0.2, 0.25) is 0 Å². The molecule has 5 aliphatic rings. The summed E-state index contributed by atoms with van der Waals surface area (Å²) in [6.45, 7) is 34.5. The Labute approximate surface area is 414 Å². The third kappa shape index (κ3) is 6.50. The van der Waals surface area contributed by atoms with Crippen molar-refractivity contribution >= 4 is 57.2 Å². The van der Waals surface area contributed by atoms with Gasteiger partial charge in [0.1, 0.15) is 0 Å². The highest BCUT2D eigenvalue weighted by Gasteiger charge is 2.51. The van der Waals surface area contributed by atoms with E-state index in [0.29, 0.717) is 0 Å². The largest absolute Gasteiger partial charge is 0.311 e. The van der Waals surface area contributed by atoms with Gasteiger partial charge in [0, 0.05) is 34.0 Å². The quantitative estimate of drug-likeness (QED) is 0.162. The van der Waals surface area contributed by atoms with E-state index in [-0.39, 0.29) is 39.2 Å². The third-order valence-corrected chi connectivity index (χ3v) is 18.0. The minimum Gasteiger partial charge on any atom is -0.311 e. The van der Waals surface area contributed by atoms with E-state index < -0.39 is 0 Å². The van der Waals surface area contributed by atoms with Crippen molar-refractivity contribution in [1.29, 1.82) is 0 Å². The minimum atomic E-state index is 0.0359. The first-order valence-electron chi connectivity index (χ1n) is 26.0. The van der Waals surface area contributed by atoms with E-state index in [4.69, 9.17) is 0 Å². The number of hydrogen-bond acceptors (Lipinski definition) is 2. The number of anilines is 6. The van der Waals surface area contributed by atoms with E-state index >= 15 is 0 Å². The molecule has 0 unspecified atom stereocenters. The maximum atomic E-state index is 2.74. The van der Waals surface area contributed by atoms with Crippen molar-refractivity contribution in [2.24, 2.45) is 0 Å². The highest BCUT2D eigenvalue weighted by molar-refractivity contribution is 7.00. The Morgan fingerprint density at radius 2 is 0.783 bits per heavy atom. The maximum Gasteiger partial charge on any atom is 0.252 e. The van der Waals surface area contributed by atoms with Crippen molar-refractivity contribution < 1.29 is 0 Å². The molecule has 12 rings (SSSR count). The topological polar surface area (TPSA) is 6.48 Å². The molecule has 0 amide bonds. The average molecular weight is 903 g/mol. The first kappa shape index (κ1) is 44.4. The molecule has 0 radical (unpaired) electrons. The average Bonchev–Trinajstić information content (AvgIpc) is 3.60. The monoisotopic (exact) mass is 903 g/mol. The molecule has 0 saturated carbocycles. The summed E-state index contributed by atoms with van der Waals surface area (Å²) in [5.74, 6) is 0. The van der Waals surface area contributed by atoms with Gasteiger partial charge in [-0.3, -0.25) is 0 Å². The second-order valence-corrected chi connectivity index (χ2v) is 26.0. The Hall–Kier alpha value is -5.80. The lowest BCUT2D eigenvalue weighted by atomic mass is 9.32. The van der Waals surface area contributed by atoms with Gasteiger partial charge >= 0.3 is 0 Å². The van der Waals surface area contributed by atoms with E-state index in [0.717, 1.165) is 12.8 Å². The van der Waals surface area contributed by atoms with Crippen molar-refractivity contribution in [3.63, 3.8) is 0 Å². The first-order valence-corrected chi connectivity index (χ1v) is 26.0. The molecule has 7 aromatic rings. The van der Waals surface area contributed by atoms with Crippen LogP contribution in [-0.2, 0) is 32.5 Å². The highest BCUT2D eigenvalue weighted by atomic mass is 15.2. The normalized spacial score (nSPS) is 19.8. The number of rotatable bonds is 4. The zero-order valence-electron chi connectivity index (χ0n) is 43.9. The van der Waals surface area contributed by atoms with Crippen molar-refractivity contribution in [1.82, 2.24) is 0 Å². The second kappa shape index (κ2) is 14.4. The van der Waals surface area contributed by atoms with Crippen LogP contribution < -0.4 is 26.2 Å². The van der Waals surface area contributed by atoms with Gasteiger partial charge < -0.3 is 9.80 Å². The van der Waals surface area contributed by atoms with E-state index in [9.17, 15) is 0 Å². The molecular weight excluding hydrogens is 832 g/mol. The Balaban J connectivity index is 1.22. The Kier molecular flexibility index (Phi) is 9.27. The second-order valence-electron chi connectivity index (χ2n) is 26.0. The van der Waals surface area contributed by atoms with E-state index in [1.165, 1.54) is 130 Å². The molecule has 69 heavy (non-hydrogen) atoms. The minimum absolute atomic E-state index is 0.0359. The lowest BCUT2D eigenvalue weighted by molar-refractivity contribution is 0.332. The Morgan fingerprint density at radius 3 is 1.30 bits per heavy atom. The number of fused-ring (bicyclic) bond motifs is 7. The molecular formula is C66H71BN2. The Bertz CT molecular complexity index is 3310. The predicted octanol–water partition coefficient (Wildman–Crippen LogP) is 16.0. The molecule has 0 saturated heterocycles. The molecule has 0 atom stereocenters. The zero-order chi connectivity index (χ0) is 48.5. The molecule has 348 valence electrons. The molecule has 7 aromatic carbocycles. The third-order valence-electron chi connectivity index (χ3n) is 18.0. The van der Waals surface area contributed by atoms with Crippen LogP contribution in [0, 0.1) is 13.8 Å². The van der Waals surface area contributed by atoms with Gasteiger partial charge in [-0.2, -0.15) is 0 Å². The van der Waals surface area contributed by atoms with Gasteiger partial charge in [0.15, 0.2) is 0 Å². The van der Waals surface area contributed by atoms with Crippen LogP contribution in [0.2, 0.25) is 0 Å². The van der Waals surface area contributed by atoms with Crippen LogP contribution in [0.25, 0.3) is 22.3 Å². The summed E-state index contributed by atoms with van der Waals surface area (Å²) >= 11 is 0. The molecule has 2 aliphatic heterocycles. The van der Waals surface area contributed by atoms with Gasteiger partial charge in [-0.05, 0) is 192 Å². The van der Waals surface area contributed by atoms with Crippen molar-refractivity contribution in [3.05, 3.63) is 172 Å². The fraction of sp³-hybridized carbons (Fsp3) is 0.364. The van der Waals surface area contributed by atoms with Crippen LogP contribution in [-0.4, -0.2) is 6.71 Å². The van der Waals surface area contributed by atoms with Gasteiger partial charge in [-0.25, -0.2) is 0 Å². The summed E-state index contributed by atoms with van der Waals surface area (Å²) in [6.07, 6.45) is 4.61. The van der Waals surface area contributed by atoms with E-state index in [1.807, 2.05) is 0 Å². The smallest absolute Gasteiger partial charge is 0.252 e. The van der Waals surface area contributed by atoms with Crippen LogP contribution in [0.3, 0.4) is 0 Å². The molecule has 3 heteroatoms. The van der Waals surface area contributed by atoms with Gasteiger partial charge in [-0.15, -0.1) is 0 Å². The molecule has 0 N–H and O–H groups in total. The van der Waals surface area contributed by atoms with Crippen LogP contribution >= 0.6 is 0 Å². The van der Waals surface area contributed by atoms with Crippen molar-refractivity contribution in [2.75, 3.05) is 9.80 Å². The number of benzene rings is 7. The van der Waals surface area contributed by atoms with Crippen LogP contribution in [0.5, 0.6) is 0 Å². The molecule has 2 heterocycles. The van der Waals surface area contributed by atoms with E-state index in [1.54, 1.807) is 0 Å². The summed E-state index contributed by atoms with van der Waals surface area (Å²) in [5.41, 5.74) is 29.0. The van der Waals surface area contributed by atoms with Crippen molar-refractivity contribution in [2.45, 2.75) is 155 Å². The molecule has 0 bridgehead atoms. The molecule has 0 fully saturated rings. The van der Waals surface area contributed by atoms with Crippen LogP contribution in [0.4, 0.5) is 34.1 Å². The predicted molar refractivity (Wildman–Crippen MR) is 297 cm³/mol. The fourth-order valence-electron chi connectivity index (χ4n) is 14.9. The van der Waals surface area contributed by atoms with E-state index in [2.05, 4.69) is 234 Å². The SMILES string of the molecule is Cc1cc2c3c(c1)N(c1ccc(-c4ccccc4)cc1-c1ccccc1)c1cc4c(cc1B3c1cc3c(cc1N2c1cc2c(cc1C)C(C)(C)CC2(C)C)C(C)(C)CC3(C)C)C(C)(C)CCC4(C)C. The maximum absolute atomic E-state index is 2.74.